The van der Waals surface area contributed by atoms with Gasteiger partial charge in [0.25, 0.3) is 0 Å². The van der Waals surface area contributed by atoms with Gasteiger partial charge in [-0.2, -0.15) is 0 Å². The standard InChI is InChI=1S/C19H21N3O4/c1-13(23)21-16-6-4-15(5-7-16)19(25)17-11-26-12-18(24)22(17)10-14-3-2-8-20-9-14/h2-9,17,19,25H,10-12H2,1H3,(H,21,23). The Morgan fingerprint density at radius 1 is 1.38 bits per heavy atom. The normalized spacial score (nSPS) is 18.5. The summed E-state index contributed by atoms with van der Waals surface area (Å²) in [5.41, 5.74) is 2.19. The van der Waals surface area contributed by atoms with Gasteiger partial charge in [0, 0.05) is 31.5 Å². The number of nitrogens with zero attached hydrogens (tertiary/aromatic N) is 2. The Morgan fingerprint density at radius 2 is 2.15 bits per heavy atom. The number of rotatable bonds is 5. The first-order chi connectivity index (χ1) is 12.5. The Kier molecular flexibility index (Phi) is 5.60. The Bertz CT molecular complexity index is 764. The van der Waals surface area contributed by atoms with E-state index in [0.29, 0.717) is 17.8 Å². The molecule has 1 aromatic heterocycles. The zero-order chi connectivity index (χ0) is 18.5. The highest BCUT2D eigenvalue weighted by Crippen LogP contribution is 2.26. The molecule has 2 amide bonds. The number of hydrogen-bond acceptors (Lipinski definition) is 5. The first-order valence-corrected chi connectivity index (χ1v) is 8.36. The molecular formula is C19H21N3O4. The summed E-state index contributed by atoms with van der Waals surface area (Å²) in [6.45, 7) is 2.05. The topological polar surface area (TPSA) is 91.8 Å². The summed E-state index contributed by atoms with van der Waals surface area (Å²) in [5, 5.41) is 13.5. The van der Waals surface area contributed by atoms with E-state index in [-0.39, 0.29) is 25.0 Å². The van der Waals surface area contributed by atoms with Gasteiger partial charge in [-0.1, -0.05) is 18.2 Å². The lowest BCUT2D eigenvalue weighted by molar-refractivity contribution is -0.155. The van der Waals surface area contributed by atoms with Crippen molar-refractivity contribution in [1.29, 1.82) is 0 Å². The molecular weight excluding hydrogens is 334 g/mol. The highest BCUT2D eigenvalue weighted by Gasteiger charge is 2.34. The third-order valence-electron chi connectivity index (χ3n) is 4.25. The molecule has 2 unspecified atom stereocenters. The summed E-state index contributed by atoms with van der Waals surface area (Å²) >= 11 is 0. The van der Waals surface area contributed by atoms with Gasteiger partial charge in [0.15, 0.2) is 0 Å². The van der Waals surface area contributed by atoms with E-state index in [1.54, 1.807) is 41.6 Å². The molecule has 1 aromatic carbocycles. The second-order valence-corrected chi connectivity index (χ2v) is 6.21. The summed E-state index contributed by atoms with van der Waals surface area (Å²) in [6, 6.07) is 10.1. The molecule has 26 heavy (non-hydrogen) atoms. The first kappa shape index (κ1) is 18.0. The van der Waals surface area contributed by atoms with Crippen LogP contribution in [0.2, 0.25) is 0 Å². The van der Waals surface area contributed by atoms with E-state index >= 15 is 0 Å². The van der Waals surface area contributed by atoms with Gasteiger partial charge in [0.1, 0.15) is 12.7 Å². The molecule has 2 N–H and O–H groups in total. The van der Waals surface area contributed by atoms with Gasteiger partial charge in [-0.3, -0.25) is 14.6 Å². The van der Waals surface area contributed by atoms with E-state index in [1.807, 2.05) is 12.1 Å². The van der Waals surface area contributed by atoms with Crippen LogP contribution < -0.4 is 5.32 Å². The maximum atomic E-state index is 12.3. The van der Waals surface area contributed by atoms with Crippen LogP contribution in [0.5, 0.6) is 0 Å². The summed E-state index contributed by atoms with van der Waals surface area (Å²) < 4.78 is 5.36. The molecule has 2 aromatic rings. The number of hydrogen-bond donors (Lipinski definition) is 2. The number of amides is 2. The monoisotopic (exact) mass is 355 g/mol. The van der Waals surface area contributed by atoms with Crippen LogP contribution in [0.25, 0.3) is 0 Å². The number of anilines is 1. The van der Waals surface area contributed by atoms with Crippen molar-refractivity contribution in [2.45, 2.75) is 25.6 Å². The number of nitrogens with one attached hydrogen (secondary N) is 1. The van der Waals surface area contributed by atoms with E-state index in [0.717, 1.165) is 5.56 Å². The third-order valence-corrected chi connectivity index (χ3v) is 4.25. The minimum atomic E-state index is -0.901. The van der Waals surface area contributed by atoms with Crippen LogP contribution in [0.15, 0.2) is 48.8 Å². The molecule has 2 atom stereocenters. The Morgan fingerprint density at radius 3 is 2.81 bits per heavy atom. The average Bonchev–Trinajstić information content (AvgIpc) is 2.64. The van der Waals surface area contributed by atoms with Crippen molar-refractivity contribution in [1.82, 2.24) is 9.88 Å². The second-order valence-electron chi connectivity index (χ2n) is 6.21. The molecule has 1 saturated heterocycles. The minimum absolute atomic E-state index is 0.00491. The number of ether oxygens (including phenoxy) is 1. The van der Waals surface area contributed by atoms with Gasteiger partial charge in [-0.15, -0.1) is 0 Å². The molecule has 1 fully saturated rings. The van der Waals surface area contributed by atoms with Crippen molar-refractivity contribution >= 4 is 17.5 Å². The van der Waals surface area contributed by atoms with Crippen LogP contribution >= 0.6 is 0 Å². The highest BCUT2D eigenvalue weighted by molar-refractivity contribution is 5.88. The van der Waals surface area contributed by atoms with Crippen LogP contribution in [0.3, 0.4) is 0 Å². The number of carbonyl (C=O) groups excluding carboxylic acids is 2. The summed E-state index contributed by atoms with van der Waals surface area (Å²) in [7, 11) is 0. The van der Waals surface area contributed by atoms with E-state index in [9.17, 15) is 14.7 Å². The van der Waals surface area contributed by atoms with Crippen molar-refractivity contribution in [2.24, 2.45) is 0 Å². The molecule has 1 aliphatic rings. The van der Waals surface area contributed by atoms with Gasteiger partial charge in [0.2, 0.25) is 11.8 Å². The molecule has 0 saturated carbocycles. The minimum Gasteiger partial charge on any atom is -0.386 e. The van der Waals surface area contributed by atoms with Gasteiger partial charge >= 0.3 is 0 Å². The molecule has 0 bridgehead atoms. The molecule has 7 nitrogen and oxygen atoms in total. The van der Waals surface area contributed by atoms with E-state index in [1.165, 1.54) is 6.92 Å². The van der Waals surface area contributed by atoms with Crippen molar-refractivity contribution in [2.75, 3.05) is 18.5 Å². The molecule has 0 spiro atoms. The van der Waals surface area contributed by atoms with E-state index in [2.05, 4.69) is 10.3 Å². The Balaban J connectivity index is 1.77. The summed E-state index contributed by atoms with van der Waals surface area (Å²) in [5.74, 6) is -0.328. The predicted molar refractivity (Wildman–Crippen MR) is 95.1 cm³/mol. The van der Waals surface area contributed by atoms with Gasteiger partial charge in [-0.25, -0.2) is 0 Å². The van der Waals surface area contributed by atoms with Crippen molar-refractivity contribution in [3.05, 3.63) is 59.9 Å². The lowest BCUT2D eigenvalue weighted by atomic mass is 9.99. The molecule has 3 rings (SSSR count). The smallest absolute Gasteiger partial charge is 0.249 e. The van der Waals surface area contributed by atoms with E-state index < -0.39 is 12.1 Å². The third kappa shape index (κ3) is 4.25. The fraction of sp³-hybridized carbons (Fsp3) is 0.316. The summed E-state index contributed by atoms with van der Waals surface area (Å²) in [4.78, 5) is 29.2. The fourth-order valence-electron chi connectivity index (χ4n) is 2.97. The van der Waals surface area contributed by atoms with Crippen LogP contribution in [0.4, 0.5) is 5.69 Å². The van der Waals surface area contributed by atoms with E-state index in [4.69, 9.17) is 4.74 Å². The summed E-state index contributed by atoms with van der Waals surface area (Å²) in [6.07, 6.45) is 2.48. The quantitative estimate of drug-likeness (QED) is 0.848. The lowest BCUT2D eigenvalue weighted by Gasteiger charge is -2.38. The van der Waals surface area contributed by atoms with Gasteiger partial charge < -0.3 is 20.1 Å². The predicted octanol–water partition coefficient (Wildman–Crippen LogP) is 1.50. The molecule has 0 aliphatic carbocycles. The molecule has 7 heteroatoms. The zero-order valence-corrected chi connectivity index (χ0v) is 14.5. The number of morpholine rings is 1. The number of aromatic nitrogens is 1. The molecule has 136 valence electrons. The Hall–Kier alpha value is -2.77. The van der Waals surface area contributed by atoms with Crippen LogP contribution in [0.1, 0.15) is 24.2 Å². The molecule has 0 radical (unpaired) electrons. The number of benzene rings is 1. The van der Waals surface area contributed by atoms with Crippen molar-refractivity contribution in [3.63, 3.8) is 0 Å². The number of aliphatic hydroxyl groups excluding tert-OH is 1. The lowest BCUT2D eigenvalue weighted by Crippen LogP contribution is -2.51. The second kappa shape index (κ2) is 8.07. The Labute approximate surface area is 151 Å². The number of pyridine rings is 1. The first-order valence-electron chi connectivity index (χ1n) is 8.36. The number of aliphatic hydroxyl groups is 1. The largest absolute Gasteiger partial charge is 0.386 e. The zero-order valence-electron chi connectivity index (χ0n) is 14.5. The van der Waals surface area contributed by atoms with Crippen LogP contribution in [-0.2, 0) is 20.9 Å². The number of carbonyl (C=O) groups is 2. The molecule has 1 aliphatic heterocycles. The molecule has 2 heterocycles. The fourth-order valence-corrected chi connectivity index (χ4v) is 2.97. The van der Waals surface area contributed by atoms with Crippen LogP contribution in [-0.4, -0.2) is 46.1 Å². The van der Waals surface area contributed by atoms with Crippen LogP contribution in [0, 0.1) is 0 Å². The highest BCUT2D eigenvalue weighted by atomic mass is 16.5. The van der Waals surface area contributed by atoms with Crippen molar-refractivity contribution < 1.29 is 19.4 Å². The van der Waals surface area contributed by atoms with Crippen molar-refractivity contribution in [3.8, 4) is 0 Å². The average molecular weight is 355 g/mol. The van der Waals surface area contributed by atoms with Gasteiger partial charge in [0.05, 0.1) is 12.6 Å². The maximum Gasteiger partial charge on any atom is 0.249 e. The van der Waals surface area contributed by atoms with Gasteiger partial charge in [-0.05, 0) is 29.3 Å². The SMILES string of the molecule is CC(=O)Nc1ccc(C(O)C2COCC(=O)N2Cc2cccnc2)cc1. The maximum absolute atomic E-state index is 12.3.